The second kappa shape index (κ2) is 6.98. The highest BCUT2D eigenvalue weighted by Crippen LogP contribution is 2.28. The van der Waals surface area contributed by atoms with Crippen LogP contribution in [-0.2, 0) is 11.2 Å². The summed E-state index contributed by atoms with van der Waals surface area (Å²) >= 11 is 4.88. The van der Waals surface area contributed by atoms with Crippen molar-refractivity contribution in [1.82, 2.24) is 4.98 Å². The zero-order valence-electron chi connectivity index (χ0n) is 13.4. The van der Waals surface area contributed by atoms with Crippen LogP contribution in [0.15, 0.2) is 58.4 Å². The van der Waals surface area contributed by atoms with Crippen molar-refractivity contribution in [3.8, 4) is 11.3 Å². The maximum absolute atomic E-state index is 12.4. The van der Waals surface area contributed by atoms with Gasteiger partial charge in [-0.15, -0.1) is 11.3 Å². The Kier molecular flexibility index (Phi) is 4.55. The molecule has 0 unspecified atom stereocenters. The largest absolute Gasteiger partial charge is 0.362 e. The number of halogens is 1. The zero-order chi connectivity index (χ0) is 17.2. The molecule has 4 nitrogen and oxygen atoms in total. The molecule has 126 valence electrons. The fourth-order valence-electron chi connectivity index (χ4n) is 2.99. The smallest absolute Gasteiger partial charge is 0.245 e. The van der Waals surface area contributed by atoms with Crippen LogP contribution in [0.5, 0.6) is 0 Å². The molecule has 0 fully saturated rings. The van der Waals surface area contributed by atoms with Gasteiger partial charge in [-0.25, -0.2) is 4.98 Å². The van der Waals surface area contributed by atoms with E-state index in [0.717, 1.165) is 34.4 Å². The van der Waals surface area contributed by atoms with Gasteiger partial charge in [-0.2, -0.15) is 0 Å². The van der Waals surface area contributed by atoms with Crippen molar-refractivity contribution in [2.75, 3.05) is 23.3 Å². The number of thiazole rings is 1. The molecule has 1 aromatic heterocycles. The number of aromatic nitrogens is 1. The van der Waals surface area contributed by atoms with Crippen LogP contribution in [0.1, 0.15) is 5.56 Å². The van der Waals surface area contributed by atoms with E-state index in [1.165, 1.54) is 16.9 Å². The van der Waals surface area contributed by atoms with Gasteiger partial charge < -0.3 is 10.2 Å². The van der Waals surface area contributed by atoms with Gasteiger partial charge in [-0.1, -0.05) is 46.3 Å². The van der Waals surface area contributed by atoms with Crippen LogP contribution in [-0.4, -0.2) is 24.0 Å². The Morgan fingerprint density at radius 2 is 2.00 bits per heavy atom. The third-order valence-electron chi connectivity index (χ3n) is 4.21. The summed E-state index contributed by atoms with van der Waals surface area (Å²) in [5.41, 5.74) is 4.38. The Morgan fingerprint density at radius 1 is 1.20 bits per heavy atom. The lowest BCUT2D eigenvalue weighted by atomic mass is 10.2. The highest BCUT2D eigenvalue weighted by Gasteiger charge is 2.20. The first-order valence-corrected chi connectivity index (χ1v) is 9.70. The van der Waals surface area contributed by atoms with Crippen LogP contribution >= 0.6 is 27.3 Å². The van der Waals surface area contributed by atoms with Crippen LogP contribution in [0, 0.1) is 0 Å². The Balaban J connectivity index is 1.41. The zero-order valence-corrected chi connectivity index (χ0v) is 15.8. The molecular formula is C19H16BrN3OS. The first kappa shape index (κ1) is 16.3. The molecule has 3 aromatic rings. The number of fused-ring (bicyclic) bond motifs is 1. The number of amides is 1. The minimum Gasteiger partial charge on any atom is -0.362 e. The van der Waals surface area contributed by atoms with Crippen LogP contribution in [0.2, 0.25) is 0 Å². The number of carbonyl (C=O) groups excluding carboxylic acids is 1. The molecule has 0 bridgehead atoms. The quantitative estimate of drug-likeness (QED) is 0.680. The first-order valence-electron chi connectivity index (χ1n) is 8.03. The van der Waals surface area contributed by atoms with Gasteiger partial charge in [0.05, 0.1) is 12.2 Å². The van der Waals surface area contributed by atoms with Crippen LogP contribution in [0.25, 0.3) is 11.3 Å². The Bertz CT molecular complexity index is 907. The van der Waals surface area contributed by atoms with Crippen molar-refractivity contribution in [3.05, 3.63) is 63.9 Å². The van der Waals surface area contributed by atoms with E-state index in [1.54, 1.807) is 0 Å². The van der Waals surface area contributed by atoms with Crippen molar-refractivity contribution in [1.29, 1.82) is 0 Å². The van der Waals surface area contributed by atoms with E-state index in [1.807, 2.05) is 41.8 Å². The molecule has 0 atom stereocenters. The number of nitrogens with zero attached hydrogens (tertiary/aromatic N) is 2. The average molecular weight is 414 g/mol. The van der Waals surface area contributed by atoms with Crippen molar-refractivity contribution in [2.24, 2.45) is 0 Å². The fraction of sp³-hybridized carbons (Fsp3) is 0.158. The molecule has 25 heavy (non-hydrogen) atoms. The number of carbonyl (C=O) groups is 1. The lowest BCUT2D eigenvalue weighted by molar-refractivity contribution is -0.115. The summed E-state index contributed by atoms with van der Waals surface area (Å²) in [5, 5.41) is 5.52. The number of rotatable bonds is 4. The summed E-state index contributed by atoms with van der Waals surface area (Å²) in [6.45, 7) is 1.24. The van der Waals surface area contributed by atoms with Crippen molar-refractivity contribution < 1.29 is 4.79 Å². The van der Waals surface area contributed by atoms with Crippen LogP contribution in [0.4, 0.5) is 10.8 Å². The normalized spacial score (nSPS) is 12.9. The molecule has 0 spiro atoms. The van der Waals surface area contributed by atoms with Gasteiger partial charge in [0.1, 0.15) is 0 Å². The molecule has 1 aliphatic rings. The van der Waals surface area contributed by atoms with Crippen molar-refractivity contribution in [2.45, 2.75) is 6.42 Å². The standard InChI is InChI=1S/C19H16BrN3OS/c20-15-7-5-13(6-8-15)16-12-25-19(21-16)22-18(24)11-23-10-9-14-3-1-2-4-17(14)23/h1-8,12H,9-11H2,(H,21,22,24). The highest BCUT2D eigenvalue weighted by molar-refractivity contribution is 9.10. The van der Waals surface area contributed by atoms with E-state index >= 15 is 0 Å². The maximum Gasteiger partial charge on any atom is 0.245 e. The van der Waals surface area contributed by atoms with Gasteiger partial charge in [0.25, 0.3) is 0 Å². The van der Waals surface area contributed by atoms with Gasteiger partial charge in [0.2, 0.25) is 5.91 Å². The molecule has 1 amide bonds. The second-order valence-electron chi connectivity index (χ2n) is 5.89. The molecule has 0 saturated heterocycles. The molecule has 2 heterocycles. The summed E-state index contributed by atoms with van der Waals surface area (Å²) in [6, 6.07) is 16.2. The Morgan fingerprint density at radius 3 is 2.84 bits per heavy atom. The predicted octanol–water partition coefficient (Wildman–Crippen LogP) is 4.57. The molecule has 4 rings (SSSR count). The number of benzene rings is 2. The number of anilines is 2. The summed E-state index contributed by atoms with van der Waals surface area (Å²) in [5.74, 6) is -0.0339. The Hall–Kier alpha value is -2.18. The number of nitrogens with one attached hydrogen (secondary N) is 1. The molecule has 6 heteroatoms. The van der Waals surface area contributed by atoms with Gasteiger partial charge in [0.15, 0.2) is 5.13 Å². The van der Waals surface area contributed by atoms with Crippen LogP contribution < -0.4 is 10.2 Å². The minimum atomic E-state index is -0.0339. The predicted molar refractivity (Wildman–Crippen MR) is 106 cm³/mol. The third-order valence-corrected chi connectivity index (χ3v) is 5.49. The third kappa shape index (κ3) is 3.60. The molecule has 0 radical (unpaired) electrons. The number of hydrogen-bond donors (Lipinski definition) is 1. The fourth-order valence-corrected chi connectivity index (χ4v) is 3.99. The van der Waals surface area contributed by atoms with Crippen LogP contribution in [0.3, 0.4) is 0 Å². The first-order chi connectivity index (χ1) is 12.2. The Labute approximate surface area is 158 Å². The van der Waals surface area contributed by atoms with Gasteiger partial charge in [-0.3, -0.25) is 4.79 Å². The molecular weight excluding hydrogens is 398 g/mol. The summed E-state index contributed by atoms with van der Waals surface area (Å²) in [4.78, 5) is 19.0. The molecule has 0 aliphatic carbocycles. The van der Waals surface area contributed by atoms with Crippen molar-refractivity contribution >= 4 is 44.0 Å². The van der Waals surface area contributed by atoms with E-state index < -0.39 is 0 Å². The lowest BCUT2D eigenvalue weighted by Crippen LogP contribution is -2.31. The van der Waals surface area contributed by atoms with E-state index in [2.05, 4.69) is 43.3 Å². The SMILES string of the molecule is O=C(CN1CCc2ccccc21)Nc1nc(-c2ccc(Br)cc2)cs1. The summed E-state index contributed by atoms with van der Waals surface area (Å²) in [7, 11) is 0. The second-order valence-corrected chi connectivity index (χ2v) is 7.67. The van der Waals surface area contributed by atoms with E-state index in [0.29, 0.717) is 11.7 Å². The average Bonchev–Trinajstić information content (AvgIpc) is 3.23. The number of hydrogen-bond acceptors (Lipinski definition) is 4. The molecule has 0 saturated carbocycles. The van der Waals surface area contributed by atoms with Gasteiger partial charge >= 0.3 is 0 Å². The van der Waals surface area contributed by atoms with E-state index in [4.69, 9.17) is 0 Å². The molecule has 2 aromatic carbocycles. The molecule has 1 N–H and O–H groups in total. The van der Waals surface area contributed by atoms with E-state index in [-0.39, 0.29) is 5.91 Å². The maximum atomic E-state index is 12.4. The van der Waals surface area contributed by atoms with Gasteiger partial charge in [0, 0.05) is 27.6 Å². The topological polar surface area (TPSA) is 45.2 Å². The van der Waals surface area contributed by atoms with Gasteiger partial charge in [-0.05, 0) is 30.2 Å². The monoisotopic (exact) mass is 413 g/mol. The molecule has 1 aliphatic heterocycles. The highest BCUT2D eigenvalue weighted by atomic mass is 79.9. The van der Waals surface area contributed by atoms with Crippen molar-refractivity contribution in [3.63, 3.8) is 0 Å². The number of para-hydroxylation sites is 1. The minimum absolute atomic E-state index is 0.0339. The summed E-state index contributed by atoms with van der Waals surface area (Å²) in [6.07, 6.45) is 0.994. The summed E-state index contributed by atoms with van der Waals surface area (Å²) < 4.78 is 1.03. The lowest BCUT2D eigenvalue weighted by Gasteiger charge is -2.18. The van der Waals surface area contributed by atoms with E-state index in [9.17, 15) is 4.79 Å².